The molecule has 0 saturated heterocycles. The Kier molecular flexibility index (Phi) is 4.20. The van der Waals surface area contributed by atoms with E-state index in [4.69, 9.17) is 9.94 Å². The number of rotatable bonds is 4. The van der Waals surface area contributed by atoms with E-state index in [2.05, 4.69) is 5.16 Å². The first-order valence-electron chi connectivity index (χ1n) is 5.99. The van der Waals surface area contributed by atoms with Crippen LogP contribution in [-0.2, 0) is 6.61 Å². The number of nitrogens with zero attached hydrogens (tertiary/aromatic N) is 1. The van der Waals surface area contributed by atoms with Gasteiger partial charge in [-0.05, 0) is 42.8 Å². The second kappa shape index (κ2) is 6.06. The highest BCUT2D eigenvalue weighted by Gasteiger charge is 2.09. The van der Waals surface area contributed by atoms with Crippen molar-refractivity contribution in [3.63, 3.8) is 0 Å². The van der Waals surface area contributed by atoms with E-state index in [1.807, 2.05) is 0 Å². The summed E-state index contributed by atoms with van der Waals surface area (Å²) in [5.41, 5.74) is 1.42. The van der Waals surface area contributed by atoms with Crippen molar-refractivity contribution in [3.05, 3.63) is 59.4 Å². The van der Waals surface area contributed by atoms with Gasteiger partial charge in [0.05, 0.1) is 5.71 Å². The van der Waals surface area contributed by atoms with Crippen molar-refractivity contribution in [2.45, 2.75) is 13.5 Å². The Morgan fingerprint density at radius 1 is 1.25 bits per heavy atom. The van der Waals surface area contributed by atoms with E-state index in [0.29, 0.717) is 11.3 Å². The summed E-state index contributed by atoms with van der Waals surface area (Å²) in [5, 5.41) is 21.2. The molecule has 0 fully saturated rings. The van der Waals surface area contributed by atoms with Gasteiger partial charge >= 0.3 is 0 Å². The topological polar surface area (TPSA) is 62.1 Å². The van der Waals surface area contributed by atoms with E-state index in [9.17, 15) is 9.50 Å². The van der Waals surface area contributed by atoms with Crippen LogP contribution in [0.3, 0.4) is 0 Å². The molecule has 0 aliphatic carbocycles. The number of phenolic OH excluding ortho intramolecular Hbond substituents is 1. The Balaban J connectivity index is 2.21. The van der Waals surface area contributed by atoms with E-state index in [1.54, 1.807) is 31.2 Å². The van der Waals surface area contributed by atoms with Gasteiger partial charge in [0.1, 0.15) is 23.9 Å². The average molecular weight is 275 g/mol. The molecule has 0 spiro atoms. The predicted octanol–water partition coefficient (Wildman–Crippen LogP) is 3.31. The van der Waals surface area contributed by atoms with Gasteiger partial charge in [-0.3, -0.25) is 0 Å². The normalized spacial score (nSPS) is 11.4. The molecule has 2 aromatic carbocycles. The zero-order valence-electron chi connectivity index (χ0n) is 10.9. The van der Waals surface area contributed by atoms with Crippen LogP contribution in [0.4, 0.5) is 4.39 Å². The van der Waals surface area contributed by atoms with E-state index in [1.165, 1.54) is 18.2 Å². The molecule has 0 unspecified atom stereocenters. The Labute approximate surface area is 115 Å². The average Bonchev–Trinajstić information content (AvgIpc) is 2.45. The second-order valence-corrected chi connectivity index (χ2v) is 4.28. The monoisotopic (exact) mass is 275 g/mol. The molecule has 2 N–H and O–H groups in total. The predicted molar refractivity (Wildman–Crippen MR) is 72.8 cm³/mol. The molecule has 5 heteroatoms. The third-order valence-corrected chi connectivity index (χ3v) is 2.79. The molecule has 0 bridgehead atoms. The van der Waals surface area contributed by atoms with Gasteiger partial charge in [0, 0.05) is 5.56 Å². The standard InChI is InChI=1S/C15H14FNO3/c1-10(17-19)14-8-12(16)5-6-15(14)20-9-11-3-2-4-13(18)7-11/h2-8,18-19H,9H2,1H3/b17-10-. The zero-order chi connectivity index (χ0) is 14.5. The minimum absolute atomic E-state index is 0.151. The second-order valence-electron chi connectivity index (χ2n) is 4.28. The van der Waals surface area contributed by atoms with Gasteiger partial charge in [-0.15, -0.1) is 0 Å². The first-order valence-corrected chi connectivity index (χ1v) is 5.99. The molecule has 0 radical (unpaired) electrons. The van der Waals surface area contributed by atoms with Crippen LogP contribution >= 0.6 is 0 Å². The fourth-order valence-electron chi connectivity index (χ4n) is 1.77. The fourth-order valence-corrected chi connectivity index (χ4v) is 1.77. The number of halogens is 1. The van der Waals surface area contributed by atoms with Crippen molar-refractivity contribution in [2.75, 3.05) is 0 Å². The highest BCUT2D eigenvalue weighted by Crippen LogP contribution is 2.22. The summed E-state index contributed by atoms with van der Waals surface area (Å²) in [5.74, 6) is 0.122. The van der Waals surface area contributed by atoms with Gasteiger partial charge in [0.2, 0.25) is 0 Å². The van der Waals surface area contributed by atoms with Crippen molar-refractivity contribution < 1.29 is 19.4 Å². The van der Waals surface area contributed by atoms with Crippen molar-refractivity contribution >= 4 is 5.71 Å². The van der Waals surface area contributed by atoms with Gasteiger partial charge in [0.15, 0.2) is 0 Å². The molecule has 0 aromatic heterocycles. The zero-order valence-corrected chi connectivity index (χ0v) is 10.9. The summed E-state index contributed by atoms with van der Waals surface area (Å²) in [6.45, 7) is 1.77. The number of aromatic hydroxyl groups is 1. The Bertz CT molecular complexity index is 641. The molecular formula is C15H14FNO3. The van der Waals surface area contributed by atoms with Crippen LogP contribution in [0.5, 0.6) is 11.5 Å². The Morgan fingerprint density at radius 2 is 2.05 bits per heavy atom. The minimum Gasteiger partial charge on any atom is -0.508 e. The molecule has 0 aliphatic rings. The smallest absolute Gasteiger partial charge is 0.129 e. The van der Waals surface area contributed by atoms with E-state index >= 15 is 0 Å². The van der Waals surface area contributed by atoms with E-state index in [0.717, 1.165) is 5.56 Å². The maximum atomic E-state index is 13.2. The first kappa shape index (κ1) is 13.9. The van der Waals surface area contributed by atoms with Gasteiger partial charge in [-0.2, -0.15) is 0 Å². The van der Waals surface area contributed by atoms with Crippen LogP contribution in [-0.4, -0.2) is 16.0 Å². The summed E-state index contributed by atoms with van der Waals surface area (Å²) in [7, 11) is 0. The van der Waals surface area contributed by atoms with Crippen molar-refractivity contribution in [1.82, 2.24) is 0 Å². The summed E-state index contributed by atoms with van der Waals surface area (Å²) in [6.07, 6.45) is 0. The number of hydrogen-bond acceptors (Lipinski definition) is 4. The lowest BCUT2D eigenvalue weighted by molar-refractivity contribution is 0.302. The molecule has 0 aliphatic heterocycles. The molecule has 4 nitrogen and oxygen atoms in total. The molecule has 104 valence electrons. The molecule has 0 atom stereocenters. The largest absolute Gasteiger partial charge is 0.508 e. The lowest BCUT2D eigenvalue weighted by atomic mass is 10.1. The number of benzene rings is 2. The lowest BCUT2D eigenvalue weighted by Crippen LogP contribution is -2.03. The van der Waals surface area contributed by atoms with Crippen molar-refractivity contribution in [1.29, 1.82) is 0 Å². The van der Waals surface area contributed by atoms with E-state index in [-0.39, 0.29) is 18.1 Å². The van der Waals surface area contributed by atoms with Crippen LogP contribution < -0.4 is 4.74 Å². The maximum Gasteiger partial charge on any atom is 0.129 e. The van der Waals surface area contributed by atoms with Gasteiger partial charge in [-0.1, -0.05) is 17.3 Å². The first-order chi connectivity index (χ1) is 9.60. The molecular weight excluding hydrogens is 261 g/mol. The lowest BCUT2D eigenvalue weighted by Gasteiger charge is -2.11. The van der Waals surface area contributed by atoms with Crippen molar-refractivity contribution in [2.24, 2.45) is 5.16 Å². The summed E-state index contributed by atoms with van der Waals surface area (Å²) >= 11 is 0. The molecule has 0 saturated carbocycles. The van der Waals surface area contributed by atoms with Crippen LogP contribution in [0.25, 0.3) is 0 Å². The number of oxime groups is 1. The summed E-state index contributed by atoms with van der Waals surface area (Å²) in [4.78, 5) is 0. The molecule has 0 amide bonds. The van der Waals surface area contributed by atoms with Crippen LogP contribution in [0.1, 0.15) is 18.1 Å². The van der Waals surface area contributed by atoms with Gasteiger partial charge < -0.3 is 15.1 Å². The Morgan fingerprint density at radius 3 is 2.75 bits per heavy atom. The van der Waals surface area contributed by atoms with E-state index < -0.39 is 5.82 Å². The molecule has 2 rings (SSSR count). The highest BCUT2D eigenvalue weighted by molar-refractivity contribution is 6.00. The number of hydrogen-bond donors (Lipinski definition) is 2. The molecule has 2 aromatic rings. The Hall–Kier alpha value is -2.56. The molecule has 0 heterocycles. The quantitative estimate of drug-likeness (QED) is 0.511. The summed E-state index contributed by atoms with van der Waals surface area (Å²) < 4.78 is 18.8. The van der Waals surface area contributed by atoms with Crippen LogP contribution in [0.2, 0.25) is 0 Å². The molecule has 20 heavy (non-hydrogen) atoms. The minimum atomic E-state index is -0.437. The third kappa shape index (κ3) is 3.26. The summed E-state index contributed by atoms with van der Waals surface area (Å²) in [6, 6.07) is 10.6. The van der Waals surface area contributed by atoms with Crippen LogP contribution in [0.15, 0.2) is 47.6 Å². The van der Waals surface area contributed by atoms with Crippen LogP contribution in [0, 0.1) is 5.82 Å². The number of phenols is 1. The van der Waals surface area contributed by atoms with Crippen molar-refractivity contribution in [3.8, 4) is 11.5 Å². The fraction of sp³-hybridized carbons (Fsp3) is 0.133. The SMILES string of the molecule is C/C(=N/O)c1cc(F)ccc1OCc1cccc(O)c1. The van der Waals surface area contributed by atoms with Gasteiger partial charge in [0.25, 0.3) is 0 Å². The maximum absolute atomic E-state index is 13.2. The number of ether oxygens (including phenoxy) is 1. The highest BCUT2D eigenvalue weighted by atomic mass is 19.1. The third-order valence-electron chi connectivity index (χ3n) is 2.79. The van der Waals surface area contributed by atoms with Gasteiger partial charge in [-0.25, -0.2) is 4.39 Å².